The number of nitrogens with two attached hydrogens (primary N) is 1. The Kier molecular flexibility index (Phi) is 16.4. The molecule has 0 unspecified atom stereocenters. The highest BCUT2D eigenvalue weighted by Crippen LogP contribution is 2.29. The zero-order valence-corrected chi connectivity index (χ0v) is 28.2. The van der Waals surface area contributed by atoms with E-state index < -0.39 is 0 Å². The molecule has 1 aliphatic rings. The van der Waals surface area contributed by atoms with Crippen molar-refractivity contribution in [1.29, 1.82) is 0 Å². The molecule has 8 heteroatoms. The first kappa shape index (κ1) is 35.5. The summed E-state index contributed by atoms with van der Waals surface area (Å²) < 4.78 is 4.56. The molecule has 0 aromatic heterocycles. The minimum absolute atomic E-state index is 0.111. The molecule has 5 nitrogen and oxygen atoms in total. The summed E-state index contributed by atoms with van der Waals surface area (Å²) >= 11 is 8.95. The monoisotopic (exact) mass is 626 g/mol. The summed E-state index contributed by atoms with van der Waals surface area (Å²) in [6.07, 6.45) is 10.2. The number of nitrogen functional groups attached to an aromatic ring is 1. The second-order valence-electron chi connectivity index (χ2n) is 9.99. The molecule has 0 saturated carbocycles. The minimum atomic E-state index is -0.111. The van der Waals surface area contributed by atoms with Gasteiger partial charge in [-0.05, 0) is 88.4 Å². The molecule has 0 aliphatic carbocycles. The molecule has 3 N–H and O–H groups in total. The highest BCUT2D eigenvalue weighted by Gasteiger charge is 2.13. The lowest BCUT2D eigenvalue weighted by atomic mass is 10.1. The maximum Gasteiger partial charge on any atom is 0.255 e. The number of allylic oxidation sites excluding steroid dienone is 3. The summed E-state index contributed by atoms with van der Waals surface area (Å²) in [4.78, 5) is 12.7. The van der Waals surface area contributed by atoms with Crippen molar-refractivity contribution < 1.29 is 4.79 Å². The van der Waals surface area contributed by atoms with Gasteiger partial charge in [-0.25, -0.2) is 0 Å². The smallest absolute Gasteiger partial charge is 0.255 e. The number of carbonyl (C=O) groups is 1. The van der Waals surface area contributed by atoms with Gasteiger partial charge in [0.15, 0.2) is 0 Å². The second kappa shape index (κ2) is 19.4. The van der Waals surface area contributed by atoms with Crippen molar-refractivity contribution in [2.45, 2.75) is 59.8 Å². The van der Waals surface area contributed by atoms with Crippen LogP contribution in [0.3, 0.4) is 0 Å². The van der Waals surface area contributed by atoms with E-state index in [1.165, 1.54) is 32.1 Å². The third-order valence-electron chi connectivity index (χ3n) is 6.63. The average Bonchev–Trinajstić information content (AvgIpc) is 3.28. The maximum atomic E-state index is 12.7. The lowest BCUT2D eigenvalue weighted by molar-refractivity contribution is 0.102. The number of amides is 1. The van der Waals surface area contributed by atoms with Crippen molar-refractivity contribution in [2.24, 2.45) is 0 Å². The fourth-order valence-corrected chi connectivity index (χ4v) is 5.84. The molecule has 0 bridgehead atoms. The zero-order valence-electron chi connectivity index (χ0n) is 25.8. The van der Waals surface area contributed by atoms with E-state index in [-0.39, 0.29) is 5.91 Å². The van der Waals surface area contributed by atoms with Crippen LogP contribution in [0, 0.1) is 0 Å². The van der Waals surface area contributed by atoms with Crippen LogP contribution in [0.2, 0.25) is 0 Å². The number of nitrogens with zero attached hydrogens (tertiary/aromatic N) is 2. The van der Waals surface area contributed by atoms with Crippen molar-refractivity contribution >= 4 is 69.2 Å². The van der Waals surface area contributed by atoms with E-state index in [9.17, 15) is 4.79 Å². The number of hydrogen-bond acceptors (Lipinski definition) is 6. The van der Waals surface area contributed by atoms with E-state index in [1.54, 1.807) is 11.9 Å². The molecular formula is C34H47ClN4OS2. The molecule has 0 atom stereocenters. The predicted molar refractivity (Wildman–Crippen MR) is 192 cm³/mol. The Morgan fingerprint density at radius 1 is 1.10 bits per heavy atom. The lowest BCUT2D eigenvalue weighted by Crippen LogP contribution is -2.15. The topological polar surface area (TPSA) is 61.6 Å². The van der Waals surface area contributed by atoms with Crippen LogP contribution in [0.1, 0.15) is 70.2 Å². The molecule has 3 aromatic carbocycles. The summed E-state index contributed by atoms with van der Waals surface area (Å²) in [5, 5.41) is 5.77. The van der Waals surface area contributed by atoms with Crippen LogP contribution >= 0.6 is 35.5 Å². The summed E-state index contributed by atoms with van der Waals surface area (Å²) in [5.41, 5.74) is 10.5. The fraction of sp³-hybridized carbons (Fsp3) is 0.382. The van der Waals surface area contributed by atoms with Crippen LogP contribution in [0.5, 0.6) is 0 Å². The van der Waals surface area contributed by atoms with Gasteiger partial charge >= 0.3 is 0 Å². The van der Waals surface area contributed by atoms with E-state index >= 15 is 0 Å². The van der Waals surface area contributed by atoms with Gasteiger partial charge < -0.3 is 19.7 Å². The highest BCUT2D eigenvalue weighted by atomic mass is 35.5. The van der Waals surface area contributed by atoms with E-state index in [2.05, 4.69) is 33.7 Å². The Morgan fingerprint density at radius 3 is 2.38 bits per heavy atom. The van der Waals surface area contributed by atoms with Crippen LogP contribution < -0.4 is 15.4 Å². The van der Waals surface area contributed by atoms with Gasteiger partial charge in [0.05, 0.1) is 0 Å². The van der Waals surface area contributed by atoms with Gasteiger partial charge in [-0.3, -0.25) is 4.79 Å². The Balaban J connectivity index is 0.000000342. The van der Waals surface area contributed by atoms with Crippen LogP contribution in [-0.2, 0) is 0 Å². The normalized spacial score (nSPS) is 13.2. The number of anilines is 3. The third-order valence-corrected chi connectivity index (χ3v) is 8.96. The van der Waals surface area contributed by atoms with E-state index in [0.717, 1.165) is 51.7 Å². The summed E-state index contributed by atoms with van der Waals surface area (Å²) in [6.45, 7) is 14.1. The number of fused-ring (bicyclic) bond motifs is 1. The second-order valence-corrected chi connectivity index (χ2v) is 12.5. The Morgan fingerprint density at radius 2 is 1.76 bits per heavy atom. The molecule has 1 aliphatic heterocycles. The number of hydrogen-bond donors (Lipinski definition) is 2. The van der Waals surface area contributed by atoms with Crippen LogP contribution in [0.15, 0.2) is 84.0 Å². The van der Waals surface area contributed by atoms with Crippen LogP contribution in [0.25, 0.3) is 10.8 Å². The fourth-order valence-electron chi connectivity index (χ4n) is 4.13. The lowest BCUT2D eigenvalue weighted by Gasteiger charge is -2.21. The third kappa shape index (κ3) is 11.9. The van der Waals surface area contributed by atoms with Gasteiger partial charge in [0, 0.05) is 69.2 Å². The molecular weight excluding hydrogens is 580 g/mol. The average molecular weight is 627 g/mol. The number of rotatable bonds is 8. The van der Waals surface area contributed by atoms with Gasteiger partial charge in [-0.1, -0.05) is 80.2 Å². The number of benzene rings is 3. The first-order valence-electron chi connectivity index (χ1n) is 14.6. The molecule has 0 spiro atoms. The Labute approximate surface area is 267 Å². The molecule has 1 fully saturated rings. The predicted octanol–water partition coefficient (Wildman–Crippen LogP) is 10.4. The van der Waals surface area contributed by atoms with Gasteiger partial charge in [0.2, 0.25) is 0 Å². The molecule has 42 heavy (non-hydrogen) atoms. The van der Waals surface area contributed by atoms with Gasteiger partial charge in [0.1, 0.15) is 0 Å². The van der Waals surface area contributed by atoms with E-state index in [4.69, 9.17) is 17.3 Å². The SMILES string of the molecule is C/C=C(\C)Cl.C=C(C)N(CCCC)SC.Nc1cccc2c(NC(=O)c3ccc(N4CCCCCS4)cc3)cccc12. The molecule has 1 saturated heterocycles. The Bertz CT molecular complexity index is 1280. The maximum absolute atomic E-state index is 12.7. The summed E-state index contributed by atoms with van der Waals surface area (Å²) in [7, 11) is 0. The van der Waals surface area contributed by atoms with Crippen LogP contribution in [0.4, 0.5) is 17.1 Å². The van der Waals surface area contributed by atoms with E-state index in [1.807, 2.05) is 99.5 Å². The van der Waals surface area contributed by atoms with Crippen molar-refractivity contribution in [1.82, 2.24) is 4.31 Å². The van der Waals surface area contributed by atoms with Crippen molar-refractivity contribution in [3.63, 3.8) is 0 Å². The van der Waals surface area contributed by atoms with Gasteiger partial charge in [-0.15, -0.1) is 0 Å². The number of halogens is 1. The van der Waals surface area contributed by atoms with Crippen molar-refractivity contribution in [2.75, 3.05) is 40.5 Å². The minimum Gasteiger partial charge on any atom is -0.398 e. The molecule has 3 aromatic rings. The summed E-state index contributed by atoms with van der Waals surface area (Å²) in [5.74, 6) is 1.05. The molecule has 0 radical (unpaired) electrons. The van der Waals surface area contributed by atoms with Gasteiger partial charge in [0.25, 0.3) is 5.91 Å². The zero-order chi connectivity index (χ0) is 30.9. The molecule has 1 amide bonds. The number of unbranched alkanes of at least 4 members (excludes halogenated alkanes) is 1. The molecule has 228 valence electrons. The number of carbonyl (C=O) groups excluding carboxylic acids is 1. The highest BCUT2D eigenvalue weighted by molar-refractivity contribution is 8.00. The molecule has 1 heterocycles. The largest absolute Gasteiger partial charge is 0.398 e. The van der Waals surface area contributed by atoms with E-state index in [0.29, 0.717) is 11.3 Å². The molecule has 4 rings (SSSR count). The Hall–Kier alpha value is -2.74. The summed E-state index contributed by atoms with van der Waals surface area (Å²) in [6, 6.07) is 19.4. The number of nitrogens with one attached hydrogen (secondary N) is 1. The van der Waals surface area contributed by atoms with Crippen LogP contribution in [-0.4, -0.2) is 35.3 Å². The van der Waals surface area contributed by atoms with Gasteiger partial charge in [-0.2, -0.15) is 0 Å². The standard InChI is InChI=1S/C22H23N3OS.C8H17NS.C4H7Cl/c23-20-8-4-7-19-18(20)6-5-9-21(19)24-22(26)16-10-12-17(13-11-16)25-14-2-1-3-15-27-25;1-5-6-7-9(10-4)8(2)3;1-3-4(2)5/h4-13H,1-3,14-15,23H2,(H,24,26);2,5-7H2,1,3-4H3;3H,1-2H3/b;;4-3+. The van der Waals surface area contributed by atoms with Crippen molar-refractivity contribution in [3.05, 3.63) is 89.6 Å². The first-order chi connectivity index (χ1) is 20.2. The quantitative estimate of drug-likeness (QED) is 0.192. The first-order valence-corrected chi connectivity index (χ1v) is 17.1. The van der Waals surface area contributed by atoms with Crippen molar-refractivity contribution in [3.8, 4) is 0 Å².